The summed E-state index contributed by atoms with van der Waals surface area (Å²) >= 11 is 1.17. The Labute approximate surface area is 158 Å². The van der Waals surface area contributed by atoms with Crippen molar-refractivity contribution in [3.05, 3.63) is 41.4 Å². The highest BCUT2D eigenvalue weighted by Gasteiger charge is 2.29. The van der Waals surface area contributed by atoms with Crippen LogP contribution in [0.5, 0.6) is 0 Å². The maximum Gasteiger partial charge on any atom is 0.337 e. The lowest BCUT2D eigenvalue weighted by atomic mass is 10.1. The molecule has 0 spiro atoms. The second-order valence-corrected chi connectivity index (χ2v) is 6.53. The minimum atomic E-state index is -0.495. The Balaban J connectivity index is 1.75. The van der Waals surface area contributed by atoms with Gasteiger partial charge in [0.15, 0.2) is 0 Å². The number of carbonyl (C=O) groups excluding carboxylic acids is 2. The van der Waals surface area contributed by atoms with Gasteiger partial charge in [-0.3, -0.25) is 0 Å². The molecule has 2 amide bonds. The number of hydrogen-bond donors (Lipinski definition) is 2. The van der Waals surface area contributed by atoms with E-state index >= 15 is 0 Å². The molecule has 1 aromatic carbocycles. The monoisotopic (exact) mass is 392 g/mol. The van der Waals surface area contributed by atoms with Crippen molar-refractivity contribution >= 4 is 23.8 Å². The van der Waals surface area contributed by atoms with Crippen molar-refractivity contribution < 1.29 is 23.1 Å². The molecule has 3 rings (SSSR count). The number of rotatable bonds is 6. The van der Waals surface area contributed by atoms with Crippen LogP contribution < -0.4 is 10.6 Å². The molecular weight excluding hydrogens is 375 g/mol. The zero-order valence-corrected chi connectivity index (χ0v) is 15.4. The molecule has 0 saturated heterocycles. The van der Waals surface area contributed by atoms with Gasteiger partial charge in [0.2, 0.25) is 5.89 Å². The topological polar surface area (TPSA) is 106 Å². The molecule has 1 aromatic heterocycles. The lowest BCUT2D eigenvalue weighted by Crippen LogP contribution is -2.49. The van der Waals surface area contributed by atoms with Gasteiger partial charge >= 0.3 is 12.0 Å². The Morgan fingerprint density at radius 1 is 1.33 bits per heavy atom. The molecule has 2 heterocycles. The number of carbonyl (C=O) groups is 2. The van der Waals surface area contributed by atoms with Crippen LogP contribution in [0.3, 0.4) is 0 Å². The van der Waals surface area contributed by atoms with E-state index in [0.717, 1.165) is 0 Å². The van der Waals surface area contributed by atoms with Gasteiger partial charge in [-0.05, 0) is 38.1 Å². The Morgan fingerprint density at radius 3 is 2.78 bits per heavy atom. The van der Waals surface area contributed by atoms with E-state index in [-0.39, 0.29) is 29.3 Å². The van der Waals surface area contributed by atoms with E-state index in [4.69, 9.17) is 9.15 Å². The molecule has 8 nitrogen and oxygen atoms in total. The van der Waals surface area contributed by atoms with Crippen LogP contribution in [0.25, 0.3) is 11.5 Å². The largest absolute Gasteiger partial charge is 0.463 e. The van der Waals surface area contributed by atoms with Crippen molar-refractivity contribution in [3.8, 4) is 11.5 Å². The Morgan fingerprint density at radius 2 is 2.07 bits per heavy atom. The van der Waals surface area contributed by atoms with Crippen LogP contribution in [0, 0.1) is 5.82 Å². The zero-order valence-electron chi connectivity index (χ0n) is 14.6. The molecule has 0 fully saturated rings. The fourth-order valence-electron chi connectivity index (χ4n) is 2.50. The van der Waals surface area contributed by atoms with E-state index in [2.05, 4.69) is 20.8 Å². The molecule has 10 heteroatoms. The predicted molar refractivity (Wildman–Crippen MR) is 95.2 cm³/mol. The van der Waals surface area contributed by atoms with E-state index < -0.39 is 18.0 Å². The van der Waals surface area contributed by atoms with Gasteiger partial charge in [-0.1, -0.05) is 11.8 Å². The second-order valence-electron chi connectivity index (χ2n) is 5.60. The minimum absolute atomic E-state index is 0.230. The molecule has 142 valence electrons. The minimum Gasteiger partial charge on any atom is -0.463 e. The number of aromatic nitrogens is 2. The molecule has 2 aromatic rings. The number of benzene rings is 1. The highest BCUT2D eigenvalue weighted by molar-refractivity contribution is 7.99. The first-order valence-corrected chi connectivity index (χ1v) is 9.16. The van der Waals surface area contributed by atoms with Crippen LogP contribution >= 0.6 is 11.8 Å². The van der Waals surface area contributed by atoms with Crippen molar-refractivity contribution in [2.45, 2.75) is 25.1 Å². The van der Waals surface area contributed by atoms with Crippen LogP contribution in [-0.4, -0.2) is 40.6 Å². The van der Waals surface area contributed by atoms with Crippen LogP contribution in [0.15, 0.2) is 45.2 Å². The number of halogens is 1. The molecule has 0 aliphatic carbocycles. The highest BCUT2D eigenvalue weighted by Crippen LogP contribution is 2.26. The van der Waals surface area contributed by atoms with E-state index in [1.165, 1.54) is 36.0 Å². The summed E-state index contributed by atoms with van der Waals surface area (Å²) in [5, 5.41) is 13.4. The number of thioether (sulfide) groups is 1. The normalized spacial score (nSPS) is 16.7. The maximum atomic E-state index is 13.0. The van der Waals surface area contributed by atoms with Crippen LogP contribution in [0.2, 0.25) is 0 Å². The van der Waals surface area contributed by atoms with Crippen molar-refractivity contribution in [2.24, 2.45) is 0 Å². The average molecular weight is 392 g/mol. The number of esters is 1. The standard InChI is InChI=1S/C17H17FN4O4S/c1-3-25-15(23)13-9(2)19-16(24)20-12(13)8-27-17-22-21-14(26-17)10-4-6-11(18)7-5-10/h4-7,9H,3,8H2,1-2H3,(H2,19,20,24)/t9-/m1/s1. The smallest absolute Gasteiger partial charge is 0.337 e. The second kappa shape index (κ2) is 8.21. The van der Waals surface area contributed by atoms with Crippen molar-refractivity contribution in [1.82, 2.24) is 20.8 Å². The molecule has 0 bridgehead atoms. The van der Waals surface area contributed by atoms with E-state index in [0.29, 0.717) is 16.8 Å². The Kier molecular flexibility index (Phi) is 5.75. The molecule has 0 unspecified atom stereocenters. The summed E-state index contributed by atoms with van der Waals surface area (Å²) in [7, 11) is 0. The van der Waals surface area contributed by atoms with Gasteiger partial charge in [0, 0.05) is 17.0 Å². The van der Waals surface area contributed by atoms with Gasteiger partial charge in [0.25, 0.3) is 5.22 Å². The van der Waals surface area contributed by atoms with Crippen LogP contribution in [0.4, 0.5) is 9.18 Å². The SMILES string of the molecule is CCOC(=O)C1=C(CSc2nnc(-c3ccc(F)cc3)o2)NC(=O)N[C@@H]1C. The Hall–Kier alpha value is -2.88. The average Bonchev–Trinajstić information content (AvgIpc) is 3.09. The van der Waals surface area contributed by atoms with Crippen LogP contribution in [-0.2, 0) is 9.53 Å². The summed E-state index contributed by atoms with van der Waals surface area (Å²) in [5.74, 6) is -0.371. The number of ether oxygens (including phenoxy) is 1. The fourth-order valence-corrected chi connectivity index (χ4v) is 3.24. The fraction of sp³-hybridized carbons (Fsp3) is 0.294. The number of nitrogens with zero attached hydrogens (tertiary/aromatic N) is 2. The summed E-state index contributed by atoms with van der Waals surface area (Å²) < 4.78 is 23.6. The lowest BCUT2D eigenvalue weighted by molar-refractivity contribution is -0.138. The number of urea groups is 1. The molecule has 1 aliphatic rings. The van der Waals surface area contributed by atoms with Gasteiger partial charge in [-0.25, -0.2) is 14.0 Å². The summed E-state index contributed by atoms with van der Waals surface area (Å²) in [6.07, 6.45) is 0. The summed E-state index contributed by atoms with van der Waals surface area (Å²) in [6, 6.07) is 4.79. The van der Waals surface area contributed by atoms with Crippen LogP contribution in [0.1, 0.15) is 13.8 Å². The van der Waals surface area contributed by atoms with Gasteiger partial charge in [0.1, 0.15) is 5.82 Å². The third-order valence-electron chi connectivity index (χ3n) is 3.70. The third-order valence-corrected chi connectivity index (χ3v) is 4.55. The summed E-state index contributed by atoms with van der Waals surface area (Å²) in [4.78, 5) is 23.9. The number of amides is 2. The number of nitrogens with one attached hydrogen (secondary N) is 2. The Bertz CT molecular complexity index is 881. The van der Waals surface area contributed by atoms with Crippen molar-refractivity contribution in [1.29, 1.82) is 0 Å². The molecule has 1 atom stereocenters. The molecule has 1 aliphatic heterocycles. The third kappa shape index (κ3) is 4.45. The van der Waals surface area contributed by atoms with E-state index in [9.17, 15) is 14.0 Å². The quantitative estimate of drug-likeness (QED) is 0.575. The van der Waals surface area contributed by atoms with Gasteiger partial charge in [-0.15, -0.1) is 10.2 Å². The lowest BCUT2D eigenvalue weighted by Gasteiger charge is -2.26. The van der Waals surface area contributed by atoms with Gasteiger partial charge < -0.3 is 19.8 Å². The van der Waals surface area contributed by atoms with Crippen molar-refractivity contribution in [3.63, 3.8) is 0 Å². The number of hydrogen-bond acceptors (Lipinski definition) is 7. The zero-order chi connectivity index (χ0) is 19.4. The van der Waals surface area contributed by atoms with E-state index in [1.54, 1.807) is 13.8 Å². The van der Waals surface area contributed by atoms with Gasteiger partial charge in [0.05, 0.1) is 18.2 Å². The maximum absolute atomic E-state index is 13.0. The molecule has 2 N–H and O–H groups in total. The summed E-state index contributed by atoms with van der Waals surface area (Å²) in [5.41, 5.74) is 1.37. The molecular formula is C17H17FN4O4S. The highest BCUT2D eigenvalue weighted by atomic mass is 32.2. The van der Waals surface area contributed by atoms with Gasteiger partial charge in [-0.2, -0.15) is 0 Å². The molecule has 27 heavy (non-hydrogen) atoms. The molecule has 0 radical (unpaired) electrons. The van der Waals surface area contributed by atoms with Crippen molar-refractivity contribution in [2.75, 3.05) is 12.4 Å². The molecule has 0 saturated carbocycles. The first-order valence-electron chi connectivity index (χ1n) is 8.18. The predicted octanol–water partition coefficient (Wildman–Crippen LogP) is 2.49. The first-order chi connectivity index (χ1) is 13.0. The first kappa shape index (κ1) is 18.9. The van der Waals surface area contributed by atoms with E-state index in [1.807, 2.05) is 0 Å². The summed E-state index contributed by atoms with van der Waals surface area (Å²) in [6.45, 7) is 3.64.